The van der Waals surface area contributed by atoms with Gasteiger partial charge in [-0.3, -0.25) is 9.59 Å². The molecule has 0 amide bonds. The Morgan fingerprint density at radius 2 is 1.52 bits per heavy atom. The zero-order chi connectivity index (χ0) is 23.7. The number of fused-ring (bicyclic) bond motifs is 1. The molecule has 3 aromatic carbocycles. The van der Waals surface area contributed by atoms with E-state index in [0.717, 1.165) is 22.3 Å². The smallest absolute Gasteiger partial charge is 0.337 e. The van der Waals surface area contributed by atoms with E-state index in [4.69, 9.17) is 4.74 Å². The van der Waals surface area contributed by atoms with Gasteiger partial charge >= 0.3 is 5.97 Å². The third-order valence-corrected chi connectivity index (χ3v) is 5.97. The molecule has 0 aliphatic rings. The second kappa shape index (κ2) is 8.87. The molecule has 33 heavy (non-hydrogen) atoms. The molecule has 1 heterocycles. The Hall–Kier alpha value is -3.99. The lowest BCUT2D eigenvalue weighted by molar-refractivity contribution is 0.0600. The highest BCUT2D eigenvalue weighted by Gasteiger charge is 2.19. The molecule has 0 saturated heterocycles. The monoisotopic (exact) mass is 439 g/mol. The first-order valence-corrected chi connectivity index (χ1v) is 10.7. The molecule has 5 heteroatoms. The van der Waals surface area contributed by atoms with Crippen molar-refractivity contribution in [1.82, 2.24) is 4.57 Å². The summed E-state index contributed by atoms with van der Waals surface area (Å²) in [5, 5.41) is 0.536. The van der Waals surface area contributed by atoms with Crippen molar-refractivity contribution in [3.63, 3.8) is 0 Å². The van der Waals surface area contributed by atoms with Gasteiger partial charge in [0.2, 0.25) is 0 Å². The Bertz CT molecular complexity index is 1430. The first-order chi connectivity index (χ1) is 15.8. The predicted molar refractivity (Wildman–Crippen MR) is 129 cm³/mol. The zero-order valence-electron chi connectivity index (χ0n) is 19.1. The highest BCUT2D eigenvalue weighted by molar-refractivity contribution is 6.16. The van der Waals surface area contributed by atoms with Gasteiger partial charge in [0.05, 0.1) is 24.7 Å². The lowest BCUT2D eigenvalue weighted by atomic mass is 9.97. The van der Waals surface area contributed by atoms with Gasteiger partial charge in [-0.2, -0.15) is 0 Å². The van der Waals surface area contributed by atoms with E-state index >= 15 is 0 Å². The van der Waals surface area contributed by atoms with Crippen LogP contribution in [0.5, 0.6) is 0 Å². The molecule has 4 aromatic rings. The van der Waals surface area contributed by atoms with Gasteiger partial charge in [0.1, 0.15) is 0 Å². The summed E-state index contributed by atoms with van der Waals surface area (Å²) >= 11 is 0. The lowest BCUT2D eigenvalue weighted by Gasteiger charge is -2.17. The molecule has 4 rings (SSSR count). The van der Waals surface area contributed by atoms with Crippen molar-refractivity contribution in [3.05, 3.63) is 116 Å². The van der Waals surface area contributed by atoms with Crippen LogP contribution < -0.4 is 5.56 Å². The predicted octanol–water partition coefficient (Wildman–Crippen LogP) is 4.99. The second-order valence-electron chi connectivity index (χ2n) is 8.28. The van der Waals surface area contributed by atoms with Gasteiger partial charge in [-0.05, 0) is 55.7 Å². The van der Waals surface area contributed by atoms with E-state index in [1.54, 1.807) is 47.0 Å². The van der Waals surface area contributed by atoms with Crippen molar-refractivity contribution in [1.29, 1.82) is 0 Å². The largest absolute Gasteiger partial charge is 0.465 e. The van der Waals surface area contributed by atoms with Crippen molar-refractivity contribution in [3.8, 4) is 0 Å². The number of hydrogen-bond acceptors (Lipinski definition) is 4. The highest BCUT2D eigenvalue weighted by atomic mass is 16.5. The van der Waals surface area contributed by atoms with E-state index in [-0.39, 0.29) is 16.9 Å². The number of methoxy groups -OCH3 is 1. The number of benzene rings is 3. The molecule has 0 unspecified atom stereocenters. The molecule has 0 N–H and O–H groups in total. The molecule has 0 saturated carbocycles. The number of hydrogen-bond donors (Lipinski definition) is 0. The summed E-state index contributed by atoms with van der Waals surface area (Å²) in [6.07, 6.45) is 0. The molecule has 0 aliphatic heterocycles. The summed E-state index contributed by atoms with van der Waals surface area (Å²) in [7, 11) is 1.31. The number of aromatic nitrogens is 1. The molecule has 0 atom stereocenters. The van der Waals surface area contributed by atoms with Gasteiger partial charge in [0.25, 0.3) is 5.56 Å². The Labute approximate surface area is 192 Å². The fourth-order valence-corrected chi connectivity index (χ4v) is 4.34. The normalized spacial score (nSPS) is 10.9. The van der Waals surface area contributed by atoms with Gasteiger partial charge in [-0.25, -0.2) is 4.79 Å². The van der Waals surface area contributed by atoms with Crippen LogP contribution in [0.2, 0.25) is 0 Å². The molecule has 5 nitrogen and oxygen atoms in total. The van der Waals surface area contributed by atoms with Crippen LogP contribution in [-0.2, 0) is 11.3 Å². The molecular formula is C28H25NO4. The van der Waals surface area contributed by atoms with Crippen LogP contribution in [0.3, 0.4) is 0 Å². The quantitative estimate of drug-likeness (QED) is 0.325. The number of aryl methyl sites for hydroxylation is 3. The van der Waals surface area contributed by atoms with Crippen LogP contribution in [0, 0.1) is 20.8 Å². The summed E-state index contributed by atoms with van der Waals surface area (Å²) in [6.45, 7) is 6.48. The fourth-order valence-electron chi connectivity index (χ4n) is 4.34. The van der Waals surface area contributed by atoms with Crippen LogP contribution in [0.15, 0.2) is 71.5 Å². The van der Waals surface area contributed by atoms with Crippen LogP contribution >= 0.6 is 0 Å². The molecule has 0 aliphatic carbocycles. The third-order valence-electron chi connectivity index (χ3n) is 5.97. The Morgan fingerprint density at radius 1 is 0.848 bits per heavy atom. The van der Waals surface area contributed by atoms with Gasteiger partial charge < -0.3 is 9.30 Å². The molecule has 0 spiro atoms. The summed E-state index contributed by atoms with van der Waals surface area (Å²) < 4.78 is 6.53. The molecule has 166 valence electrons. The number of carbonyl (C=O) groups excluding carboxylic acids is 2. The third kappa shape index (κ3) is 4.22. The maximum absolute atomic E-state index is 13.3. The number of ether oxygens (including phenoxy) is 1. The van der Waals surface area contributed by atoms with E-state index in [0.29, 0.717) is 28.6 Å². The number of carbonyl (C=O) groups is 2. The zero-order valence-corrected chi connectivity index (χ0v) is 19.1. The first-order valence-electron chi connectivity index (χ1n) is 10.7. The van der Waals surface area contributed by atoms with E-state index in [9.17, 15) is 14.4 Å². The molecule has 0 bridgehead atoms. The lowest BCUT2D eigenvalue weighted by Crippen LogP contribution is -2.24. The van der Waals surface area contributed by atoms with Crippen molar-refractivity contribution < 1.29 is 14.3 Å². The van der Waals surface area contributed by atoms with E-state index in [1.807, 2.05) is 26.8 Å². The first kappa shape index (κ1) is 22.2. The van der Waals surface area contributed by atoms with Crippen molar-refractivity contribution in [2.24, 2.45) is 0 Å². The number of pyridine rings is 1. The van der Waals surface area contributed by atoms with Crippen LogP contribution in [0.4, 0.5) is 0 Å². The highest BCUT2D eigenvalue weighted by Crippen LogP contribution is 2.25. The summed E-state index contributed by atoms with van der Waals surface area (Å²) in [5.41, 5.74) is 5.80. The number of rotatable bonds is 5. The van der Waals surface area contributed by atoms with Crippen LogP contribution in [0.25, 0.3) is 10.9 Å². The standard InChI is InChI=1S/C28H25NO4/c1-17-12-18(2)24(19(3)13-17)16-29-25-11-10-21(28(32)33-4)14-22(25)23(15-26(29)30)27(31)20-8-6-5-7-9-20/h5-15H,16H2,1-4H3. The average Bonchev–Trinajstić information content (AvgIpc) is 2.81. The van der Waals surface area contributed by atoms with Gasteiger partial charge in [-0.15, -0.1) is 0 Å². The molecule has 1 aromatic heterocycles. The minimum Gasteiger partial charge on any atom is -0.465 e. The minimum absolute atomic E-state index is 0.264. The average molecular weight is 440 g/mol. The van der Waals surface area contributed by atoms with Crippen molar-refractivity contribution in [2.45, 2.75) is 27.3 Å². The summed E-state index contributed by atoms with van der Waals surface area (Å²) in [6, 6.07) is 19.3. The molecule has 0 fully saturated rings. The molecular weight excluding hydrogens is 414 g/mol. The number of ketones is 1. The van der Waals surface area contributed by atoms with Crippen molar-refractivity contribution in [2.75, 3.05) is 7.11 Å². The van der Waals surface area contributed by atoms with Gasteiger partial charge in [0, 0.05) is 22.6 Å². The SMILES string of the molecule is COC(=O)c1ccc2c(c1)c(C(=O)c1ccccc1)cc(=O)n2Cc1c(C)cc(C)cc1C. The van der Waals surface area contributed by atoms with Crippen LogP contribution in [0.1, 0.15) is 48.5 Å². The summed E-state index contributed by atoms with van der Waals surface area (Å²) in [5.74, 6) is -0.771. The number of esters is 1. The fraction of sp³-hybridized carbons (Fsp3) is 0.179. The minimum atomic E-state index is -0.502. The van der Waals surface area contributed by atoms with Crippen molar-refractivity contribution >= 4 is 22.7 Å². The Morgan fingerprint density at radius 3 is 2.15 bits per heavy atom. The van der Waals surface area contributed by atoms with Gasteiger partial charge in [0.15, 0.2) is 5.78 Å². The maximum atomic E-state index is 13.3. The van der Waals surface area contributed by atoms with Gasteiger partial charge in [-0.1, -0.05) is 48.0 Å². The van der Waals surface area contributed by atoms with E-state index in [2.05, 4.69) is 12.1 Å². The second-order valence-corrected chi connectivity index (χ2v) is 8.28. The number of nitrogens with zero attached hydrogens (tertiary/aromatic N) is 1. The van der Waals surface area contributed by atoms with Crippen LogP contribution in [-0.4, -0.2) is 23.4 Å². The Balaban J connectivity index is 1.96. The summed E-state index contributed by atoms with van der Waals surface area (Å²) in [4.78, 5) is 38.8. The van der Waals surface area contributed by atoms with E-state index < -0.39 is 5.97 Å². The molecule has 0 radical (unpaired) electrons. The Kier molecular flexibility index (Phi) is 5.97. The maximum Gasteiger partial charge on any atom is 0.337 e. The topological polar surface area (TPSA) is 65.4 Å². The van der Waals surface area contributed by atoms with E-state index in [1.165, 1.54) is 13.2 Å².